The second kappa shape index (κ2) is 6.36. The third-order valence-electron chi connectivity index (χ3n) is 3.30. The zero-order chi connectivity index (χ0) is 12.1. The van der Waals surface area contributed by atoms with Crippen LogP contribution >= 0.6 is 23.6 Å². The van der Waals surface area contributed by atoms with E-state index < -0.39 is 0 Å². The van der Waals surface area contributed by atoms with Crippen LogP contribution in [0.5, 0.6) is 0 Å². The fourth-order valence-corrected chi connectivity index (χ4v) is 3.15. The molecule has 2 nitrogen and oxygen atoms in total. The Kier molecular flexibility index (Phi) is 4.80. The van der Waals surface area contributed by atoms with Gasteiger partial charge < -0.3 is 10.2 Å². The van der Waals surface area contributed by atoms with Crippen molar-refractivity contribution in [3.8, 4) is 0 Å². The summed E-state index contributed by atoms with van der Waals surface area (Å²) < 4.78 is 0. The Balaban J connectivity index is 1.71. The summed E-state index contributed by atoms with van der Waals surface area (Å²) in [6, 6.07) is 4.91. The molecule has 0 saturated heterocycles. The van der Waals surface area contributed by atoms with E-state index in [4.69, 9.17) is 12.2 Å². The Morgan fingerprint density at radius 3 is 2.94 bits per heavy atom. The lowest BCUT2D eigenvalue weighted by Gasteiger charge is -2.23. The van der Waals surface area contributed by atoms with Crippen LogP contribution in [-0.4, -0.2) is 29.6 Å². The van der Waals surface area contributed by atoms with Gasteiger partial charge in [-0.15, -0.1) is 11.3 Å². The van der Waals surface area contributed by atoms with Gasteiger partial charge in [0.05, 0.1) is 0 Å². The maximum atomic E-state index is 5.43. The van der Waals surface area contributed by atoms with Crippen LogP contribution < -0.4 is 5.32 Å². The first-order chi connectivity index (χ1) is 8.25. The van der Waals surface area contributed by atoms with Gasteiger partial charge in [-0.2, -0.15) is 0 Å². The molecule has 1 aliphatic carbocycles. The van der Waals surface area contributed by atoms with Crippen molar-refractivity contribution in [1.29, 1.82) is 0 Å². The van der Waals surface area contributed by atoms with Crippen molar-refractivity contribution >= 4 is 28.7 Å². The molecule has 17 heavy (non-hydrogen) atoms. The molecular formula is C13H20N2S2. The molecule has 0 aliphatic heterocycles. The molecule has 0 atom stereocenters. The minimum absolute atomic E-state index is 0.617. The van der Waals surface area contributed by atoms with Gasteiger partial charge in [-0.25, -0.2) is 0 Å². The summed E-state index contributed by atoms with van der Waals surface area (Å²) in [7, 11) is 2.08. The second-order valence-corrected chi connectivity index (χ2v) is 6.10. The lowest BCUT2D eigenvalue weighted by atomic mass is 10.2. The SMILES string of the molecule is CN(CCc1cccs1)C(=S)NC1CCCC1. The minimum atomic E-state index is 0.617. The average Bonchev–Trinajstić information content (AvgIpc) is 2.98. The Morgan fingerprint density at radius 2 is 2.29 bits per heavy atom. The van der Waals surface area contributed by atoms with E-state index in [-0.39, 0.29) is 0 Å². The largest absolute Gasteiger partial charge is 0.360 e. The van der Waals surface area contributed by atoms with Crippen molar-refractivity contribution in [1.82, 2.24) is 10.2 Å². The number of rotatable bonds is 4. The molecule has 1 aromatic heterocycles. The van der Waals surface area contributed by atoms with E-state index in [0.29, 0.717) is 6.04 Å². The average molecular weight is 268 g/mol. The van der Waals surface area contributed by atoms with E-state index >= 15 is 0 Å². The number of likely N-dealkylation sites (N-methyl/N-ethyl adjacent to an activating group) is 1. The second-order valence-electron chi connectivity index (χ2n) is 4.68. The Morgan fingerprint density at radius 1 is 1.53 bits per heavy atom. The first-order valence-corrected chi connectivity index (χ1v) is 7.58. The van der Waals surface area contributed by atoms with Crippen molar-refractivity contribution in [3.63, 3.8) is 0 Å². The minimum Gasteiger partial charge on any atom is -0.360 e. The zero-order valence-electron chi connectivity index (χ0n) is 10.3. The highest BCUT2D eigenvalue weighted by Crippen LogP contribution is 2.17. The lowest BCUT2D eigenvalue weighted by Crippen LogP contribution is -2.42. The fourth-order valence-electron chi connectivity index (χ4n) is 2.19. The summed E-state index contributed by atoms with van der Waals surface area (Å²) in [6.45, 7) is 0.999. The lowest BCUT2D eigenvalue weighted by molar-refractivity contribution is 0.480. The van der Waals surface area contributed by atoms with Gasteiger partial charge in [0.25, 0.3) is 0 Å². The molecule has 1 aromatic rings. The van der Waals surface area contributed by atoms with Gasteiger partial charge in [-0.3, -0.25) is 0 Å². The highest BCUT2D eigenvalue weighted by atomic mass is 32.1. The van der Waals surface area contributed by atoms with Crippen LogP contribution in [0.15, 0.2) is 17.5 Å². The van der Waals surface area contributed by atoms with Crippen molar-refractivity contribution in [2.75, 3.05) is 13.6 Å². The van der Waals surface area contributed by atoms with E-state index in [2.05, 4.69) is 34.8 Å². The van der Waals surface area contributed by atoms with Crippen molar-refractivity contribution in [2.45, 2.75) is 38.1 Å². The van der Waals surface area contributed by atoms with Gasteiger partial charge in [0.2, 0.25) is 0 Å². The summed E-state index contributed by atoms with van der Waals surface area (Å²) in [5.41, 5.74) is 0. The molecule has 0 radical (unpaired) electrons. The zero-order valence-corrected chi connectivity index (χ0v) is 11.9. The normalized spacial score (nSPS) is 16.1. The fraction of sp³-hybridized carbons (Fsp3) is 0.615. The van der Waals surface area contributed by atoms with Crippen LogP contribution in [0.1, 0.15) is 30.6 Å². The molecule has 1 heterocycles. The van der Waals surface area contributed by atoms with Crippen LogP contribution in [0.25, 0.3) is 0 Å². The number of hydrogen-bond acceptors (Lipinski definition) is 2. The molecule has 1 aliphatic rings. The molecule has 0 unspecified atom stereocenters. The van der Waals surface area contributed by atoms with Gasteiger partial charge in [-0.1, -0.05) is 18.9 Å². The first-order valence-electron chi connectivity index (χ1n) is 6.30. The molecule has 94 valence electrons. The van der Waals surface area contributed by atoms with E-state index in [0.717, 1.165) is 18.1 Å². The topological polar surface area (TPSA) is 15.3 Å². The third-order valence-corrected chi connectivity index (χ3v) is 4.67. The Bertz CT molecular complexity index is 342. The standard InChI is InChI=1S/C13H20N2S2/c1-15(9-8-12-7-4-10-17-12)13(16)14-11-5-2-3-6-11/h4,7,10-11H,2-3,5-6,8-9H2,1H3,(H,14,16). The highest BCUT2D eigenvalue weighted by molar-refractivity contribution is 7.80. The third kappa shape index (κ3) is 3.96. The summed E-state index contributed by atoms with van der Waals surface area (Å²) in [6.07, 6.45) is 6.33. The summed E-state index contributed by atoms with van der Waals surface area (Å²) in [5, 5.41) is 6.51. The monoisotopic (exact) mass is 268 g/mol. The van der Waals surface area contributed by atoms with E-state index in [1.165, 1.54) is 30.6 Å². The smallest absolute Gasteiger partial charge is 0.168 e. The van der Waals surface area contributed by atoms with Crippen LogP contribution in [0.4, 0.5) is 0 Å². The van der Waals surface area contributed by atoms with Crippen LogP contribution in [0, 0.1) is 0 Å². The van der Waals surface area contributed by atoms with Crippen molar-refractivity contribution < 1.29 is 0 Å². The quantitative estimate of drug-likeness (QED) is 0.845. The Hall–Kier alpha value is -0.610. The predicted molar refractivity (Wildman–Crippen MR) is 78.6 cm³/mol. The number of thiophene rings is 1. The highest BCUT2D eigenvalue weighted by Gasteiger charge is 2.16. The maximum Gasteiger partial charge on any atom is 0.168 e. The molecule has 0 amide bonds. The van der Waals surface area contributed by atoms with Gasteiger partial charge in [0.1, 0.15) is 0 Å². The number of thiocarbonyl (C=S) groups is 1. The molecule has 0 spiro atoms. The van der Waals surface area contributed by atoms with E-state index in [1.54, 1.807) is 0 Å². The maximum absolute atomic E-state index is 5.43. The van der Waals surface area contributed by atoms with E-state index in [9.17, 15) is 0 Å². The summed E-state index contributed by atoms with van der Waals surface area (Å²) in [4.78, 5) is 3.59. The molecule has 0 aromatic carbocycles. The number of nitrogens with zero attached hydrogens (tertiary/aromatic N) is 1. The molecule has 1 N–H and O–H groups in total. The van der Waals surface area contributed by atoms with Crippen molar-refractivity contribution in [3.05, 3.63) is 22.4 Å². The van der Waals surface area contributed by atoms with Crippen LogP contribution in [0.3, 0.4) is 0 Å². The van der Waals surface area contributed by atoms with E-state index in [1.807, 2.05) is 11.3 Å². The number of nitrogens with one attached hydrogen (secondary N) is 1. The number of hydrogen-bond donors (Lipinski definition) is 1. The molecule has 1 saturated carbocycles. The molecule has 1 fully saturated rings. The predicted octanol–water partition coefficient (Wildman–Crippen LogP) is 3.04. The van der Waals surface area contributed by atoms with Crippen molar-refractivity contribution in [2.24, 2.45) is 0 Å². The Labute approximate surface area is 113 Å². The van der Waals surface area contributed by atoms with Gasteiger partial charge in [0.15, 0.2) is 5.11 Å². The van der Waals surface area contributed by atoms with Crippen LogP contribution in [0.2, 0.25) is 0 Å². The molecule has 0 bridgehead atoms. The van der Waals surface area contributed by atoms with Crippen LogP contribution in [-0.2, 0) is 6.42 Å². The molecule has 2 rings (SSSR count). The summed E-state index contributed by atoms with van der Waals surface area (Å²) in [5.74, 6) is 0. The molecule has 4 heteroatoms. The molecular weight excluding hydrogens is 248 g/mol. The van der Waals surface area contributed by atoms with Gasteiger partial charge in [-0.05, 0) is 42.9 Å². The van der Waals surface area contributed by atoms with Gasteiger partial charge >= 0.3 is 0 Å². The van der Waals surface area contributed by atoms with Gasteiger partial charge in [0, 0.05) is 24.5 Å². The summed E-state index contributed by atoms with van der Waals surface area (Å²) >= 11 is 7.25. The first kappa shape index (κ1) is 12.8.